The van der Waals surface area contributed by atoms with Crippen LogP contribution in [0.4, 0.5) is 0 Å². The zero-order valence-electron chi connectivity index (χ0n) is 20.5. The van der Waals surface area contributed by atoms with Crippen LogP contribution in [0, 0.1) is 11.3 Å². The lowest BCUT2D eigenvalue weighted by molar-refractivity contribution is -0.204. The first-order valence-electron chi connectivity index (χ1n) is 11.7. The van der Waals surface area contributed by atoms with Crippen molar-refractivity contribution in [3.63, 3.8) is 0 Å². The Balaban J connectivity index is 1.72. The smallest absolute Gasteiger partial charge is 0.261 e. The van der Waals surface area contributed by atoms with E-state index in [0.717, 1.165) is 0 Å². The van der Waals surface area contributed by atoms with Gasteiger partial charge in [0.05, 0.1) is 19.1 Å². The van der Waals surface area contributed by atoms with Crippen molar-refractivity contribution in [1.82, 2.24) is 0 Å². The van der Waals surface area contributed by atoms with E-state index in [0.29, 0.717) is 6.61 Å². The molecule has 0 aromatic heterocycles. The number of nitrogens with zero attached hydrogens (tertiary/aromatic N) is 1. The van der Waals surface area contributed by atoms with Crippen molar-refractivity contribution in [2.24, 2.45) is 0 Å². The zero-order valence-corrected chi connectivity index (χ0v) is 21.5. The summed E-state index contributed by atoms with van der Waals surface area (Å²) in [6, 6.07) is 23.4. The lowest BCUT2D eigenvalue weighted by Crippen LogP contribution is -2.67. The van der Waals surface area contributed by atoms with E-state index in [1.165, 1.54) is 10.4 Å². The number of rotatable bonds is 6. The van der Waals surface area contributed by atoms with Crippen molar-refractivity contribution in [2.75, 3.05) is 6.61 Å². The topological polar surface area (TPSA) is 60.7 Å². The SMILES string of the molecule is CC1(C)OC2C(CO[Si](c3ccccc3)(c3ccccc3)C(C)(C)C)OC(CC#N)C2(C)O1. The molecule has 6 heteroatoms. The monoisotopic (exact) mass is 465 g/mol. The zero-order chi connectivity index (χ0) is 23.9. The number of nitriles is 1. The second-order valence-corrected chi connectivity index (χ2v) is 15.0. The van der Waals surface area contributed by atoms with Crippen LogP contribution in [-0.2, 0) is 18.6 Å². The van der Waals surface area contributed by atoms with Crippen LogP contribution in [0.15, 0.2) is 60.7 Å². The Labute approximate surface area is 198 Å². The number of hydrogen-bond donors (Lipinski definition) is 0. The molecule has 4 rings (SSSR count). The number of fused-ring (bicyclic) bond motifs is 1. The van der Waals surface area contributed by atoms with Crippen LogP contribution in [0.5, 0.6) is 0 Å². The molecule has 4 unspecified atom stereocenters. The summed E-state index contributed by atoms with van der Waals surface area (Å²) in [4.78, 5) is 0. The minimum atomic E-state index is -2.70. The highest BCUT2D eigenvalue weighted by molar-refractivity contribution is 6.99. The van der Waals surface area contributed by atoms with E-state index in [-0.39, 0.29) is 29.8 Å². The molecule has 2 saturated heterocycles. The highest BCUT2D eigenvalue weighted by Crippen LogP contribution is 2.48. The predicted molar refractivity (Wildman–Crippen MR) is 131 cm³/mol. The van der Waals surface area contributed by atoms with E-state index >= 15 is 0 Å². The fourth-order valence-electron chi connectivity index (χ4n) is 5.57. The van der Waals surface area contributed by atoms with E-state index < -0.39 is 19.7 Å². The van der Waals surface area contributed by atoms with Crippen LogP contribution in [-0.4, -0.2) is 44.6 Å². The summed E-state index contributed by atoms with van der Waals surface area (Å²) in [7, 11) is -2.70. The van der Waals surface area contributed by atoms with Crippen molar-refractivity contribution in [1.29, 1.82) is 5.26 Å². The van der Waals surface area contributed by atoms with Gasteiger partial charge in [0.1, 0.15) is 23.9 Å². The van der Waals surface area contributed by atoms with Crippen LogP contribution in [0.3, 0.4) is 0 Å². The Bertz CT molecular complexity index is 959. The van der Waals surface area contributed by atoms with Gasteiger partial charge >= 0.3 is 0 Å². The summed E-state index contributed by atoms with van der Waals surface area (Å²) in [6.07, 6.45) is -0.731. The first-order chi connectivity index (χ1) is 15.5. The van der Waals surface area contributed by atoms with Gasteiger partial charge in [-0.1, -0.05) is 81.4 Å². The van der Waals surface area contributed by atoms with Gasteiger partial charge in [-0.15, -0.1) is 0 Å². The number of ether oxygens (including phenoxy) is 3. The first kappa shape index (κ1) is 24.1. The predicted octanol–water partition coefficient (Wildman–Crippen LogP) is 4.15. The van der Waals surface area contributed by atoms with Gasteiger partial charge in [-0.25, -0.2) is 0 Å². The average molecular weight is 466 g/mol. The molecule has 4 atom stereocenters. The summed E-state index contributed by atoms with van der Waals surface area (Å²) >= 11 is 0. The summed E-state index contributed by atoms with van der Waals surface area (Å²) < 4.78 is 26.1. The molecule has 0 saturated carbocycles. The quantitative estimate of drug-likeness (QED) is 0.600. The Morgan fingerprint density at radius 2 is 1.52 bits per heavy atom. The molecule has 0 spiro atoms. The van der Waals surface area contributed by atoms with Gasteiger partial charge in [0, 0.05) is 0 Å². The normalized spacial score (nSPS) is 28.9. The van der Waals surface area contributed by atoms with Gasteiger partial charge in [-0.3, -0.25) is 0 Å². The third-order valence-corrected chi connectivity index (χ3v) is 11.9. The molecule has 0 radical (unpaired) electrons. The van der Waals surface area contributed by atoms with Crippen molar-refractivity contribution >= 4 is 18.7 Å². The van der Waals surface area contributed by atoms with E-state index in [1.54, 1.807) is 0 Å². The molecular formula is C27H35NO4Si. The molecule has 0 amide bonds. The highest BCUT2D eigenvalue weighted by atomic mass is 28.4. The third-order valence-electron chi connectivity index (χ3n) is 6.92. The van der Waals surface area contributed by atoms with E-state index in [1.807, 2.05) is 32.9 Å². The molecule has 0 aliphatic carbocycles. The largest absolute Gasteiger partial charge is 0.405 e. The Kier molecular flexibility index (Phi) is 6.32. The number of hydrogen-bond acceptors (Lipinski definition) is 5. The van der Waals surface area contributed by atoms with Crippen molar-refractivity contribution < 1.29 is 18.6 Å². The van der Waals surface area contributed by atoms with Crippen LogP contribution in [0.1, 0.15) is 48.0 Å². The van der Waals surface area contributed by atoms with Crippen molar-refractivity contribution in [2.45, 2.75) is 82.7 Å². The van der Waals surface area contributed by atoms with Gasteiger partial charge in [-0.2, -0.15) is 5.26 Å². The molecule has 2 aromatic rings. The van der Waals surface area contributed by atoms with Crippen LogP contribution in [0.25, 0.3) is 0 Å². The maximum atomic E-state index is 9.39. The van der Waals surface area contributed by atoms with Crippen LogP contribution in [0.2, 0.25) is 5.04 Å². The van der Waals surface area contributed by atoms with Crippen molar-refractivity contribution in [3.05, 3.63) is 60.7 Å². The summed E-state index contributed by atoms with van der Waals surface area (Å²) in [5, 5.41) is 11.7. The maximum Gasteiger partial charge on any atom is 0.261 e. The minimum Gasteiger partial charge on any atom is -0.405 e. The average Bonchev–Trinajstić information content (AvgIpc) is 3.15. The lowest BCUT2D eigenvalue weighted by Gasteiger charge is -2.43. The van der Waals surface area contributed by atoms with E-state index in [2.05, 4.69) is 75.4 Å². The molecule has 2 heterocycles. The Morgan fingerprint density at radius 3 is 2.00 bits per heavy atom. The summed E-state index contributed by atoms with van der Waals surface area (Å²) in [5.74, 6) is -0.730. The summed E-state index contributed by atoms with van der Waals surface area (Å²) in [5.41, 5.74) is -0.682. The molecular weight excluding hydrogens is 430 g/mol. The van der Waals surface area contributed by atoms with Gasteiger partial charge in [0.25, 0.3) is 8.32 Å². The maximum absolute atomic E-state index is 9.39. The lowest BCUT2D eigenvalue weighted by atomic mass is 9.91. The third kappa shape index (κ3) is 4.18. The first-order valence-corrected chi connectivity index (χ1v) is 13.6. The molecule has 33 heavy (non-hydrogen) atoms. The molecule has 2 aliphatic rings. The second-order valence-electron chi connectivity index (χ2n) is 10.7. The molecule has 2 aliphatic heterocycles. The molecule has 2 fully saturated rings. The standard InChI is InChI=1S/C27H35NO4Si/c1-25(2,3)33(20-13-9-7-10-14-20,21-15-11-8-12-16-21)29-19-22-24-27(6,23(30-22)17-18-28)32-26(4,5)31-24/h7-16,22-24H,17,19H2,1-6H3. The van der Waals surface area contributed by atoms with Crippen LogP contribution < -0.4 is 10.4 Å². The number of benzene rings is 2. The minimum absolute atomic E-state index is 0.129. The fourth-order valence-corrected chi connectivity index (χ4v) is 10.1. The molecule has 5 nitrogen and oxygen atoms in total. The van der Waals surface area contributed by atoms with Crippen LogP contribution >= 0.6 is 0 Å². The highest BCUT2D eigenvalue weighted by Gasteiger charge is 2.63. The second kappa shape index (κ2) is 8.64. The fraction of sp³-hybridized carbons (Fsp3) is 0.519. The molecule has 0 N–H and O–H groups in total. The van der Waals surface area contributed by atoms with Gasteiger partial charge in [-0.05, 0) is 36.2 Å². The molecule has 0 bridgehead atoms. The van der Waals surface area contributed by atoms with E-state index in [9.17, 15) is 5.26 Å². The van der Waals surface area contributed by atoms with Gasteiger partial charge in [0.15, 0.2) is 5.79 Å². The Hall–Kier alpha value is -2.01. The van der Waals surface area contributed by atoms with Gasteiger partial charge < -0.3 is 18.6 Å². The molecule has 176 valence electrons. The van der Waals surface area contributed by atoms with E-state index in [4.69, 9.17) is 18.6 Å². The van der Waals surface area contributed by atoms with Gasteiger partial charge in [0.2, 0.25) is 0 Å². The summed E-state index contributed by atoms with van der Waals surface area (Å²) in [6.45, 7) is 13.0. The van der Waals surface area contributed by atoms with Crippen molar-refractivity contribution in [3.8, 4) is 6.07 Å². The Morgan fingerprint density at radius 1 is 0.970 bits per heavy atom. The molecule has 2 aromatic carbocycles.